The Bertz CT molecular complexity index is 889. The summed E-state index contributed by atoms with van der Waals surface area (Å²) in [5, 5.41) is 12.0. The van der Waals surface area contributed by atoms with E-state index in [-0.39, 0.29) is 11.4 Å². The Balaban J connectivity index is 2.03. The van der Waals surface area contributed by atoms with Gasteiger partial charge in [-0.05, 0) is 35.9 Å². The molecular formula is C18H14F3N3O2. The molecule has 1 unspecified atom stereocenters. The highest BCUT2D eigenvalue weighted by atomic mass is 19.4. The maximum Gasteiger partial charge on any atom is 0.416 e. The summed E-state index contributed by atoms with van der Waals surface area (Å²) in [5.74, 6) is -0.775. The average molecular weight is 361 g/mol. The highest BCUT2D eigenvalue weighted by Gasteiger charge is 2.33. The Morgan fingerprint density at radius 1 is 1.12 bits per heavy atom. The van der Waals surface area contributed by atoms with E-state index in [9.17, 15) is 18.0 Å². The van der Waals surface area contributed by atoms with Crippen LogP contribution in [0.4, 0.5) is 18.9 Å². The molecule has 134 valence electrons. The van der Waals surface area contributed by atoms with E-state index in [2.05, 4.69) is 5.16 Å². The summed E-state index contributed by atoms with van der Waals surface area (Å²) in [7, 11) is 0. The number of rotatable bonds is 2. The maximum atomic E-state index is 13.0. The largest absolute Gasteiger partial charge is 0.416 e. The number of fused-ring (bicyclic) bond motifs is 1. The third-order valence-corrected chi connectivity index (χ3v) is 4.03. The molecule has 0 saturated heterocycles. The molecule has 1 atom stereocenters. The van der Waals surface area contributed by atoms with Crippen molar-refractivity contribution in [2.45, 2.75) is 12.2 Å². The van der Waals surface area contributed by atoms with Gasteiger partial charge in [-0.2, -0.15) is 13.2 Å². The standard InChI is InChI=1S/C18H14F3N3O2/c19-18(20,21)13-8-5-12(6-9-13)17(25)24-14-4-2-1-3-11(14)7-10-15(24)16(22)23-26/h1-10,15,26H,(H2,22,23). The van der Waals surface area contributed by atoms with E-state index in [1.165, 1.54) is 4.90 Å². The molecule has 26 heavy (non-hydrogen) atoms. The number of anilines is 1. The van der Waals surface area contributed by atoms with Gasteiger partial charge >= 0.3 is 6.18 Å². The summed E-state index contributed by atoms with van der Waals surface area (Å²) in [5.41, 5.74) is 6.15. The zero-order chi connectivity index (χ0) is 18.9. The average Bonchev–Trinajstić information content (AvgIpc) is 2.65. The third-order valence-electron chi connectivity index (χ3n) is 4.03. The monoisotopic (exact) mass is 361 g/mol. The number of hydrogen-bond acceptors (Lipinski definition) is 3. The fourth-order valence-corrected chi connectivity index (χ4v) is 2.75. The molecule has 2 aromatic carbocycles. The number of benzene rings is 2. The Morgan fingerprint density at radius 2 is 1.77 bits per heavy atom. The summed E-state index contributed by atoms with van der Waals surface area (Å²) in [6, 6.07) is 10.0. The fraction of sp³-hybridized carbons (Fsp3) is 0.111. The predicted octanol–water partition coefficient (Wildman–Crippen LogP) is 3.49. The lowest BCUT2D eigenvalue weighted by molar-refractivity contribution is -0.137. The number of halogens is 3. The van der Waals surface area contributed by atoms with Crippen LogP contribution in [-0.2, 0) is 6.18 Å². The number of alkyl halides is 3. The molecule has 8 heteroatoms. The molecule has 3 rings (SSSR count). The molecule has 3 N–H and O–H groups in total. The number of carbonyl (C=O) groups is 1. The number of nitrogens with two attached hydrogens (primary N) is 1. The molecule has 1 heterocycles. The molecule has 0 saturated carbocycles. The second-order valence-corrected chi connectivity index (χ2v) is 5.64. The van der Waals surface area contributed by atoms with Gasteiger partial charge in [-0.25, -0.2) is 0 Å². The smallest absolute Gasteiger partial charge is 0.409 e. The van der Waals surface area contributed by atoms with E-state index in [4.69, 9.17) is 10.9 Å². The summed E-state index contributed by atoms with van der Waals surface area (Å²) >= 11 is 0. The van der Waals surface area contributed by atoms with Crippen LogP contribution in [0.2, 0.25) is 0 Å². The number of amides is 1. The zero-order valence-corrected chi connectivity index (χ0v) is 13.3. The number of para-hydroxylation sites is 1. The highest BCUT2D eigenvalue weighted by molar-refractivity contribution is 6.13. The molecule has 1 amide bonds. The zero-order valence-electron chi connectivity index (χ0n) is 13.3. The van der Waals surface area contributed by atoms with E-state index >= 15 is 0 Å². The molecule has 0 radical (unpaired) electrons. The Kier molecular flexibility index (Phi) is 4.41. The Morgan fingerprint density at radius 3 is 2.38 bits per heavy atom. The quantitative estimate of drug-likeness (QED) is 0.372. The highest BCUT2D eigenvalue weighted by Crippen LogP contribution is 2.32. The van der Waals surface area contributed by atoms with Crippen molar-refractivity contribution in [3.63, 3.8) is 0 Å². The first-order valence-corrected chi connectivity index (χ1v) is 7.58. The van der Waals surface area contributed by atoms with Crippen molar-refractivity contribution in [2.24, 2.45) is 10.9 Å². The van der Waals surface area contributed by atoms with Crippen LogP contribution >= 0.6 is 0 Å². The molecule has 1 aliphatic rings. The first-order chi connectivity index (χ1) is 12.3. The van der Waals surface area contributed by atoms with Gasteiger partial charge in [0.05, 0.1) is 11.3 Å². The molecule has 2 aromatic rings. The molecule has 0 bridgehead atoms. The van der Waals surface area contributed by atoms with Gasteiger partial charge in [0.2, 0.25) is 0 Å². The van der Waals surface area contributed by atoms with E-state index in [0.717, 1.165) is 29.8 Å². The fourth-order valence-electron chi connectivity index (χ4n) is 2.75. The maximum absolute atomic E-state index is 13.0. The first-order valence-electron chi connectivity index (χ1n) is 7.58. The van der Waals surface area contributed by atoms with Crippen molar-refractivity contribution in [3.8, 4) is 0 Å². The van der Waals surface area contributed by atoms with Gasteiger partial charge in [0.1, 0.15) is 6.04 Å². The molecular weight excluding hydrogens is 347 g/mol. The summed E-state index contributed by atoms with van der Waals surface area (Å²) in [4.78, 5) is 14.3. The van der Waals surface area contributed by atoms with Gasteiger partial charge in [-0.15, -0.1) is 0 Å². The second kappa shape index (κ2) is 6.55. The van der Waals surface area contributed by atoms with Gasteiger partial charge in [0.15, 0.2) is 5.84 Å². The Labute approximate surface area is 146 Å². The molecule has 0 aliphatic carbocycles. The van der Waals surface area contributed by atoms with Crippen molar-refractivity contribution in [1.82, 2.24) is 0 Å². The molecule has 0 fully saturated rings. The molecule has 5 nitrogen and oxygen atoms in total. The van der Waals surface area contributed by atoms with Crippen LogP contribution in [0, 0.1) is 0 Å². The predicted molar refractivity (Wildman–Crippen MR) is 90.9 cm³/mol. The first kappa shape index (κ1) is 17.5. The number of oxime groups is 1. The molecule has 0 aromatic heterocycles. The van der Waals surface area contributed by atoms with Crippen molar-refractivity contribution < 1.29 is 23.2 Å². The SMILES string of the molecule is N/C(=N\O)C1C=Cc2ccccc2N1C(=O)c1ccc(C(F)(F)F)cc1. The number of carbonyl (C=O) groups excluding carboxylic acids is 1. The number of nitrogens with zero attached hydrogens (tertiary/aromatic N) is 2. The number of hydrogen-bond donors (Lipinski definition) is 2. The molecule has 0 spiro atoms. The van der Waals surface area contributed by atoms with Gasteiger partial charge in [0, 0.05) is 5.56 Å². The minimum absolute atomic E-state index is 0.0545. The lowest BCUT2D eigenvalue weighted by Crippen LogP contribution is -2.48. The summed E-state index contributed by atoms with van der Waals surface area (Å²) < 4.78 is 38.2. The van der Waals surface area contributed by atoms with Crippen molar-refractivity contribution in [3.05, 3.63) is 71.3 Å². The van der Waals surface area contributed by atoms with E-state index < -0.39 is 23.7 Å². The topological polar surface area (TPSA) is 78.9 Å². The normalized spacial score (nSPS) is 17.1. The van der Waals surface area contributed by atoms with Crippen LogP contribution in [0.15, 0.2) is 59.8 Å². The van der Waals surface area contributed by atoms with Gasteiger partial charge in [-0.1, -0.05) is 35.5 Å². The van der Waals surface area contributed by atoms with Crippen LogP contribution in [-0.4, -0.2) is 23.0 Å². The van der Waals surface area contributed by atoms with Crippen molar-refractivity contribution in [2.75, 3.05) is 4.90 Å². The minimum atomic E-state index is -4.49. The van der Waals surface area contributed by atoms with Crippen LogP contribution in [0.3, 0.4) is 0 Å². The second-order valence-electron chi connectivity index (χ2n) is 5.64. The van der Waals surface area contributed by atoms with Crippen LogP contribution in [0.5, 0.6) is 0 Å². The minimum Gasteiger partial charge on any atom is -0.409 e. The van der Waals surface area contributed by atoms with E-state index in [1.54, 1.807) is 36.4 Å². The van der Waals surface area contributed by atoms with Gasteiger partial charge in [0.25, 0.3) is 5.91 Å². The number of amidine groups is 1. The molecule has 1 aliphatic heterocycles. The van der Waals surface area contributed by atoms with Gasteiger partial charge in [-0.3, -0.25) is 9.69 Å². The van der Waals surface area contributed by atoms with Crippen molar-refractivity contribution >= 4 is 23.5 Å². The lowest BCUT2D eigenvalue weighted by Gasteiger charge is -2.33. The van der Waals surface area contributed by atoms with Crippen LogP contribution < -0.4 is 10.6 Å². The summed E-state index contributed by atoms with van der Waals surface area (Å²) in [6.45, 7) is 0. The summed E-state index contributed by atoms with van der Waals surface area (Å²) in [6.07, 6.45) is -1.17. The lowest BCUT2D eigenvalue weighted by atomic mass is 10.00. The van der Waals surface area contributed by atoms with Crippen LogP contribution in [0.25, 0.3) is 6.08 Å². The van der Waals surface area contributed by atoms with E-state index in [0.29, 0.717) is 5.69 Å². The van der Waals surface area contributed by atoms with E-state index in [1.807, 2.05) is 0 Å². The third kappa shape index (κ3) is 3.13. The van der Waals surface area contributed by atoms with Crippen molar-refractivity contribution in [1.29, 1.82) is 0 Å². The van der Waals surface area contributed by atoms with Crippen LogP contribution in [0.1, 0.15) is 21.5 Å². The van der Waals surface area contributed by atoms with Gasteiger partial charge < -0.3 is 10.9 Å². The Hall–Kier alpha value is -3.29.